The fourth-order valence-electron chi connectivity index (χ4n) is 3.90. The number of nitrogens with two attached hydrogens (primary N) is 1. The van der Waals surface area contributed by atoms with Gasteiger partial charge in [-0.2, -0.15) is 0 Å². The number of aromatic hydroxyl groups is 1. The van der Waals surface area contributed by atoms with Crippen molar-refractivity contribution in [2.45, 2.75) is 58.1 Å². The lowest BCUT2D eigenvalue weighted by molar-refractivity contribution is -0.121. The Balaban J connectivity index is 2.09. The Morgan fingerprint density at radius 2 is 1.87 bits per heavy atom. The second-order valence-corrected chi connectivity index (χ2v) is 8.16. The molecule has 0 aliphatic heterocycles. The Bertz CT molecular complexity index is 835. The molecule has 0 aromatic heterocycles. The molecular formula is C25H35NO5. The maximum atomic E-state index is 12.5. The van der Waals surface area contributed by atoms with Crippen LogP contribution in [-0.4, -0.2) is 40.9 Å². The maximum absolute atomic E-state index is 12.5. The number of hydrogen-bond acceptors (Lipinski definition) is 6. The zero-order chi connectivity index (χ0) is 22.8. The molecule has 5 N–H and O–H groups in total. The molecule has 2 atom stereocenters. The van der Waals surface area contributed by atoms with Crippen LogP contribution in [0.15, 0.2) is 36.4 Å². The van der Waals surface area contributed by atoms with Gasteiger partial charge in [0.05, 0.1) is 13.2 Å². The first-order valence-corrected chi connectivity index (χ1v) is 10.9. The molecule has 0 radical (unpaired) electrons. The summed E-state index contributed by atoms with van der Waals surface area (Å²) in [7, 11) is 1.51. The number of carbonyl (C=O) groups excluding carboxylic acids is 1. The van der Waals surface area contributed by atoms with Gasteiger partial charge in [0.15, 0.2) is 11.5 Å². The van der Waals surface area contributed by atoms with Gasteiger partial charge in [0, 0.05) is 31.6 Å². The molecular weight excluding hydrogens is 394 g/mol. The average Bonchev–Trinajstić information content (AvgIpc) is 2.76. The van der Waals surface area contributed by atoms with Crippen molar-refractivity contribution in [1.82, 2.24) is 0 Å². The van der Waals surface area contributed by atoms with Crippen molar-refractivity contribution >= 4 is 5.78 Å². The van der Waals surface area contributed by atoms with Crippen molar-refractivity contribution in [1.29, 1.82) is 0 Å². The number of aliphatic hydroxyl groups excluding tert-OH is 2. The monoisotopic (exact) mass is 429 g/mol. The fourth-order valence-corrected chi connectivity index (χ4v) is 3.90. The Morgan fingerprint density at radius 1 is 1.16 bits per heavy atom. The summed E-state index contributed by atoms with van der Waals surface area (Å²) >= 11 is 0. The van der Waals surface area contributed by atoms with E-state index < -0.39 is 6.10 Å². The van der Waals surface area contributed by atoms with Gasteiger partial charge in [-0.15, -0.1) is 0 Å². The molecule has 0 unspecified atom stereocenters. The minimum atomic E-state index is -0.668. The molecule has 170 valence electrons. The van der Waals surface area contributed by atoms with E-state index in [1.807, 2.05) is 37.3 Å². The number of phenols is 1. The average molecular weight is 430 g/mol. The number of ketones is 1. The molecule has 0 amide bonds. The first-order chi connectivity index (χ1) is 14.9. The molecule has 0 saturated heterocycles. The van der Waals surface area contributed by atoms with E-state index in [0.717, 1.165) is 28.7 Å². The van der Waals surface area contributed by atoms with Crippen LogP contribution in [0.2, 0.25) is 0 Å². The number of aliphatic hydroxyl groups is 2. The molecule has 6 heteroatoms. The molecule has 2 aromatic carbocycles. The predicted octanol–water partition coefficient (Wildman–Crippen LogP) is 3.58. The maximum Gasteiger partial charge on any atom is 0.168 e. The smallest absolute Gasteiger partial charge is 0.168 e. The molecule has 0 heterocycles. The lowest BCUT2D eigenvalue weighted by atomic mass is 9.92. The van der Waals surface area contributed by atoms with E-state index in [4.69, 9.17) is 15.6 Å². The summed E-state index contributed by atoms with van der Waals surface area (Å²) in [6.45, 7) is 2.61. The van der Waals surface area contributed by atoms with Gasteiger partial charge in [-0.1, -0.05) is 37.3 Å². The number of benzene rings is 2. The number of rotatable bonds is 13. The van der Waals surface area contributed by atoms with Crippen molar-refractivity contribution < 1.29 is 24.9 Å². The highest BCUT2D eigenvalue weighted by Gasteiger charge is 2.18. The normalized spacial score (nSPS) is 13.1. The third-order valence-corrected chi connectivity index (χ3v) is 5.57. The summed E-state index contributed by atoms with van der Waals surface area (Å²) in [4.78, 5) is 12.5. The number of methoxy groups -OCH3 is 1. The number of hydrogen-bond donors (Lipinski definition) is 4. The van der Waals surface area contributed by atoms with Gasteiger partial charge in [0.1, 0.15) is 5.78 Å². The third kappa shape index (κ3) is 7.35. The van der Waals surface area contributed by atoms with Crippen LogP contribution < -0.4 is 10.5 Å². The molecule has 0 fully saturated rings. The van der Waals surface area contributed by atoms with E-state index in [-0.39, 0.29) is 30.5 Å². The fraction of sp³-hybridized carbons (Fsp3) is 0.480. The minimum Gasteiger partial charge on any atom is -0.504 e. The summed E-state index contributed by atoms with van der Waals surface area (Å²) in [6, 6.07) is 11.1. The van der Waals surface area contributed by atoms with E-state index in [9.17, 15) is 15.0 Å². The third-order valence-electron chi connectivity index (χ3n) is 5.57. The summed E-state index contributed by atoms with van der Waals surface area (Å²) in [5.41, 5.74) is 9.23. The van der Waals surface area contributed by atoms with Crippen LogP contribution in [0.5, 0.6) is 11.5 Å². The lowest BCUT2D eigenvalue weighted by Gasteiger charge is -2.17. The zero-order valence-corrected chi connectivity index (χ0v) is 18.5. The highest BCUT2D eigenvalue weighted by atomic mass is 16.5. The minimum absolute atomic E-state index is 0.00155. The topological polar surface area (TPSA) is 113 Å². The Hall–Kier alpha value is -2.41. The van der Waals surface area contributed by atoms with Gasteiger partial charge in [-0.05, 0) is 54.4 Å². The van der Waals surface area contributed by atoms with Crippen molar-refractivity contribution in [3.63, 3.8) is 0 Å². The number of ether oxygens (including phenoxy) is 1. The molecule has 6 nitrogen and oxygen atoms in total. The Morgan fingerprint density at radius 3 is 2.48 bits per heavy atom. The van der Waals surface area contributed by atoms with E-state index in [1.54, 1.807) is 6.07 Å². The van der Waals surface area contributed by atoms with Crippen LogP contribution in [0.3, 0.4) is 0 Å². The summed E-state index contributed by atoms with van der Waals surface area (Å²) < 4.78 is 5.46. The van der Waals surface area contributed by atoms with Crippen molar-refractivity contribution in [2.24, 2.45) is 11.7 Å². The standard InChI is InChI=1S/C25H35NO5/c1-17(4-3-13-27)14-22(29)15-21(28)11-9-20-10-12-23(30)25(31-2)24(20)19-7-5-18(16-26)6-8-19/h5-8,10,12,17,22,27,29-30H,3-4,9,11,13-16,26H2,1-2H3/t17-,22-/m1/s1. The predicted molar refractivity (Wildman–Crippen MR) is 122 cm³/mol. The Kier molecular flexibility index (Phi) is 9.98. The number of phenolic OH excluding ortho intramolecular Hbond substituents is 1. The van der Waals surface area contributed by atoms with Crippen molar-refractivity contribution in [2.75, 3.05) is 13.7 Å². The van der Waals surface area contributed by atoms with E-state index in [1.165, 1.54) is 7.11 Å². The van der Waals surface area contributed by atoms with Crippen LogP contribution in [0.1, 0.15) is 50.2 Å². The van der Waals surface area contributed by atoms with Crippen LogP contribution in [0.4, 0.5) is 0 Å². The van der Waals surface area contributed by atoms with Crippen LogP contribution in [-0.2, 0) is 17.8 Å². The largest absolute Gasteiger partial charge is 0.504 e. The molecule has 0 aliphatic carbocycles. The number of Topliss-reactive ketones (excluding diaryl/α,β-unsaturated/α-hetero) is 1. The second kappa shape index (κ2) is 12.4. The van der Waals surface area contributed by atoms with E-state index >= 15 is 0 Å². The van der Waals surface area contributed by atoms with Gasteiger partial charge in [-0.25, -0.2) is 0 Å². The highest BCUT2D eigenvalue weighted by Crippen LogP contribution is 2.40. The molecule has 0 aliphatic rings. The van der Waals surface area contributed by atoms with Gasteiger partial charge in [-0.3, -0.25) is 4.79 Å². The first-order valence-electron chi connectivity index (χ1n) is 10.9. The molecule has 0 saturated carbocycles. The Labute approximate surface area is 184 Å². The summed E-state index contributed by atoms with van der Waals surface area (Å²) in [5, 5.41) is 29.4. The SMILES string of the molecule is COc1c(O)ccc(CCC(=O)C[C@H](O)C[C@H](C)CCCO)c1-c1ccc(CN)cc1. The van der Waals surface area contributed by atoms with Crippen LogP contribution in [0.25, 0.3) is 11.1 Å². The zero-order valence-electron chi connectivity index (χ0n) is 18.5. The van der Waals surface area contributed by atoms with E-state index in [0.29, 0.717) is 38.0 Å². The van der Waals surface area contributed by atoms with E-state index in [2.05, 4.69) is 0 Å². The molecule has 0 spiro atoms. The van der Waals surface area contributed by atoms with Crippen LogP contribution in [0, 0.1) is 5.92 Å². The first kappa shape index (κ1) is 24.9. The van der Waals surface area contributed by atoms with Gasteiger partial charge in [0.2, 0.25) is 0 Å². The lowest BCUT2D eigenvalue weighted by Crippen LogP contribution is -2.17. The van der Waals surface area contributed by atoms with Gasteiger partial charge in [0.25, 0.3) is 0 Å². The van der Waals surface area contributed by atoms with Crippen molar-refractivity contribution in [3.8, 4) is 22.6 Å². The second-order valence-electron chi connectivity index (χ2n) is 8.16. The van der Waals surface area contributed by atoms with Gasteiger partial charge >= 0.3 is 0 Å². The molecule has 0 bridgehead atoms. The van der Waals surface area contributed by atoms with Gasteiger partial charge < -0.3 is 25.8 Å². The summed E-state index contributed by atoms with van der Waals surface area (Å²) in [6.07, 6.45) is 2.33. The van der Waals surface area contributed by atoms with Crippen molar-refractivity contribution in [3.05, 3.63) is 47.5 Å². The molecule has 2 aromatic rings. The van der Waals surface area contributed by atoms with Crippen LogP contribution >= 0.6 is 0 Å². The molecule has 2 rings (SSSR count). The quantitative estimate of drug-likeness (QED) is 0.387. The number of aryl methyl sites for hydroxylation is 1. The highest BCUT2D eigenvalue weighted by molar-refractivity contribution is 5.81. The number of carbonyl (C=O) groups is 1. The summed E-state index contributed by atoms with van der Waals surface area (Å²) in [5.74, 6) is 0.684. The molecule has 31 heavy (non-hydrogen) atoms.